The molecule has 1 heterocycles. The minimum Gasteiger partial charge on any atom is -0.324 e. The van der Waals surface area contributed by atoms with Gasteiger partial charge in [0.2, 0.25) is 15.9 Å². The topological polar surface area (TPSA) is 122 Å². The summed E-state index contributed by atoms with van der Waals surface area (Å²) in [5.74, 6) is -0.779. The Balaban J connectivity index is 1.46. The maximum Gasteiger partial charge on any atom is 0.322 e. The number of halogens is 1. The highest BCUT2D eigenvalue weighted by Gasteiger charge is 2.34. The number of nitrogens with two attached hydrogens (primary N) is 1. The van der Waals surface area contributed by atoms with Crippen LogP contribution in [0.25, 0.3) is 11.1 Å². The summed E-state index contributed by atoms with van der Waals surface area (Å²) in [5, 5.41) is 10.8. The van der Waals surface area contributed by atoms with Gasteiger partial charge in [0.05, 0.1) is 4.90 Å². The second kappa shape index (κ2) is 10.7. The third-order valence-corrected chi connectivity index (χ3v) is 7.33. The van der Waals surface area contributed by atoms with E-state index in [1.165, 1.54) is 35.2 Å². The number of nitrogens with zero attached hydrogens (tertiary/aromatic N) is 1. The van der Waals surface area contributed by atoms with Crippen LogP contribution < -0.4 is 15.8 Å². The maximum absolute atomic E-state index is 15.0. The molecule has 1 unspecified atom stereocenters. The highest BCUT2D eigenvalue weighted by molar-refractivity contribution is 7.89. The van der Waals surface area contributed by atoms with Crippen molar-refractivity contribution in [3.63, 3.8) is 0 Å². The van der Waals surface area contributed by atoms with Crippen LogP contribution in [0.4, 0.5) is 20.6 Å². The molecule has 4 rings (SSSR count). The molecule has 3 aromatic rings. The van der Waals surface area contributed by atoms with E-state index in [9.17, 15) is 22.4 Å². The van der Waals surface area contributed by atoms with E-state index in [0.29, 0.717) is 31.0 Å². The number of carbonyl (C=O) groups excluding carboxylic acids is 2. The molecule has 194 valence electrons. The first-order valence-corrected chi connectivity index (χ1v) is 13.5. The smallest absolute Gasteiger partial charge is 0.322 e. The average molecular weight is 525 g/mol. The molecule has 10 heteroatoms. The molecule has 1 fully saturated rings. The largest absolute Gasteiger partial charge is 0.324 e. The maximum atomic E-state index is 15.0. The van der Waals surface area contributed by atoms with Gasteiger partial charge in [0.15, 0.2) is 0 Å². The Morgan fingerprint density at radius 1 is 0.973 bits per heavy atom. The number of hydrogen-bond donors (Lipinski definition) is 3. The van der Waals surface area contributed by atoms with Crippen LogP contribution in [0.2, 0.25) is 0 Å². The molecule has 0 spiro atoms. The van der Waals surface area contributed by atoms with Gasteiger partial charge in [0, 0.05) is 29.0 Å². The number of rotatable bonds is 6. The first-order chi connectivity index (χ1) is 17.5. The standard InChI is InChI=1S/C27H29FN4O4S/c1-17(2)18-9-11-19(12-10-18)31-27(34)32-15-5-7-24(32)26(33)30-20-13-14-21(23(28)16-20)22-6-3-4-8-25(22)37(29,35)36/h3-4,6,8-14,16-17,24H,5,7,15H2,1-2H3,(H,30,33)(H,31,34)(H2,29,35,36). The van der Waals surface area contributed by atoms with Gasteiger partial charge in [0.1, 0.15) is 11.9 Å². The quantitative estimate of drug-likeness (QED) is 0.425. The Labute approximate surface area is 215 Å². The van der Waals surface area contributed by atoms with E-state index in [4.69, 9.17) is 5.14 Å². The van der Waals surface area contributed by atoms with Crippen LogP contribution >= 0.6 is 0 Å². The van der Waals surface area contributed by atoms with Gasteiger partial charge in [-0.1, -0.05) is 44.2 Å². The van der Waals surface area contributed by atoms with Crippen molar-refractivity contribution in [3.8, 4) is 11.1 Å². The Morgan fingerprint density at radius 2 is 1.65 bits per heavy atom. The van der Waals surface area contributed by atoms with Crippen molar-refractivity contribution in [2.24, 2.45) is 5.14 Å². The Kier molecular flexibility index (Phi) is 7.60. The Hall–Kier alpha value is -3.76. The Morgan fingerprint density at radius 3 is 2.30 bits per heavy atom. The first-order valence-electron chi connectivity index (χ1n) is 11.9. The van der Waals surface area contributed by atoms with Crippen LogP contribution in [0.15, 0.2) is 71.6 Å². The molecular weight excluding hydrogens is 495 g/mol. The molecule has 3 aromatic carbocycles. The number of hydrogen-bond acceptors (Lipinski definition) is 4. The van der Waals surface area contributed by atoms with E-state index in [1.54, 1.807) is 6.07 Å². The van der Waals surface area contributed by atoms with E-state index in [1.807, 2.05) is 24.3 Å². The second-order valence-electron chi connectivity index (χ2n) is 9.28. The van der Waals surface area contributed by atoms with Crippen molar-refractivity contribution >= 4 is 33.3 Å². The highest BCUT2D eigenvalue weighted by atomic mass is 32.2. The van der Waals surface area contributed by atoms with Gasteiger partial charge in [-0.2, -0.15) is 0 Å². The zero-order valence-corrected chi connectivity index (χ0v) is 21.4. The lowest BCUT2D eigenvalue weighted by molar-refractivity contribution is -0.119. The van der Waals surface area contributed by atoms with E-state index >= 15 is 0 Å². The summed E-state index contributed by atoms with van der Waals surface area (Å²) < 4.78 is 38.8. The van der Waals surface area contributed by atoms with Crippen molar-refractivity contribution in [1.82, 2.24) is 4.90 Å². The van der Waals surface area contributed by atoms with Gasteiger partial charge >= 0.3 is 6.03 Å². The predicted octanol–water partition coefficient (Wildman–Crippen LogP) is 4.90. The molecular formula is C27H29FN4O4S. The van der Waals surface area contributed by atoms with Crippen molar-refractivity contribution in [3.05, 3.63) is 78.1 Å². The van der Waals surface area contributed by atoms with Crippen molar-refractivity contribution in [2.45, 2.75) is 43.5 Å². The molecule has 3 amide bonds. The zero-order valence-electron chi connectivity index (χ0n) is 20.6. The lowest BCUT2D eigenvalue weighted by Crippen LogP contribution is -2.45. The monoisotopic (exact) mass is 524 g/mol. The number of sulfonamides is 1. The molecule has 1 saturated heterocycles. The number of nitrogens with one attached hydrogen (secondary N) is 2. The van der Waals surface area contributed by atoms with Gasteiger partial charge in [-0.05, 0) is 60.7 Å². The fourth-order valence-corrected chi connectivity index (χ4v) is 5.16. The summed E-state index contributed by atoms with van der Waals surface area (Å²) in [6.45, 7) is 4.60. The average Bonchev–Trinajstić information content (AvgIpc) is 3.34. The van der Waals surface area contributed by atoms with E-state index in [-0.39, 0.29) is 27.7 Å². The SMILES string of the molecule is CC(C)c1ccc(NC(=O)N2CCCC2C(=O)Nc2ccc(-c3ccccc3S(N)(=O)=O)c(F)c2)cc1. The number of amides is 3. The third-order valence-electron chi connectivity index (χ3n) is 6.37. The molecule has 0 aliphatic carbocycles. The summed E-state index contributed by atoms with van der Waals surface area (Å²) in [6.07, 6.45) is 1.14. The minimum absolute atomic E-state index is 0.0352. The number of primary sulfonamides is 1. The van der Waals surface area contributed by atoms with E-state index in [0.717, 1.165) is 11.6 Å². The van der Waals surface area contributed by atoms with Crippen molar-refractivity contribution in [2.75, 3.05) is 17.2 Å². The summed E-state index contributed by atoms with van der Waals surface area (Å²) in [7, 11) is -4.06. The van der Waals surface area contributed by atoms with Crippen LogP contribution in [0.1, 0.15) is 38.2 Å². The normalized spacial score (nSPS) is 15.6. The number of likely N-dealkylation sites (tertiary alicyclic amines) is 1. The molecule has 0 radical (unpaired) electrons. The van der Waals surface area contributed by atoms with Gasteiger partial charge < -0.3 is 15.5 Å². The lowest BCUT2D eigenvalue weighted by Gasteiger charge is -2.24. The van der Waals surface area contributed by atoms with Gasteiger partial charge in [-0.15, -0.1) is 0 Å². The molecule has 4 N–H and O–H groups in total. The number of anilines is 2. The molecule has 0 bridgehead atoms. The third kappa shape index (κ3) is 5.98. The van der Waals surface area contributed by atoms with Crippen LogP contribution in [0.5, 0.6) is 0 Å². The van der Waals surface area contributed by atoms with Gasteiger partial charge in [-0.25, -0.2) is 22.7 Å². The number of benzene rings is 3. The predicted molar refractivity (Wildman–Crippen MR) is 141 cm³/mol. The zero-order chi connectivity index (χ0) is 26.7. The second-order valence-corrected chi connectivity index (χ2v) is 10.8. The highest BCUT2D eigenvalue weighted by Crippen LogP contribution is 2.31. The van der Waals surface area contributed by atoms with Crippen LogP contribution in [0, 0.1) is 5.82 Å². The van der Waals surface area contributed by atoms with Crippen molar-refractivity contribution < 1.29 is 22.4 Å². The van der Waals surface area contributed by atoms with E-state index < -0.39 is 27.8 Å². The molecule has 37 heavy (non-hydrogen) atoms. The fraction of sp³-hybridized carbons (Fsp3) is 0.259. The van der Waals surface area contributed by atoms with Crippen molar-refractivity contribution in [1.29, 1.82) is 0 Å². The molecule has 1 atom stereocenters. The lowest BCUT2D eigenvalue weighted by atomic mass is 10.0. The molecule has 1 aliphatic heterocycles. The van der Waals surface area contributed by atoms with Crippen LogP contribution in [-0.2, 0) is 14.8 Å². The summed E-state index contributed by atoms with van der Waals surface area (Å²) in [6, 6.07) is 16.3. The number of urea groups is 1. The Bertz CT molecular complexity index is 1420. The van der Waals surface area contributed by atoms with Crippen LogP contribution in [0.3, 0.4) is 0 Å². The summed E-state index contributed by atoms with van der Waals surface area (Å²) in [5.41, 5.74) is 2.14. The molecule has 0 aromatic heterocycles. The number of carbonyl (C=O) groups is 2. The first kappa shape index (κ1) is 26.3. The van der Waals surface area contributed by atoms with E-state index in [2.05, 4.69) is 24.5 Å². The minimum atomic E-state index is -4.06. The molecule has 0 saturated carbocycles. The van der Waals surface area contributed by atoms with Gasteiger partial charge in [-0.3, -0.25) is 4.79 Å². The fourth-order valence-electron chi connectivity index (χ4n) is 4.40. The molecule has 8 nitrogen and oxygen atoms in total. The summed E-state index contributed by atoms with van der Waals surface area (Å²) in [4.78, 5) is 27.2. The van der Waals surface area contributed by atoms with Gasteiger partial charge in [0.25, 0.3) is 0 Å². The van der Waals surface area contributed by atoms with Crippen LogP contribution in [-0.4, -0.2) is 37.8 Å². The molecule has 1 aliphatic rings. The summed E-state index contributed by atoms with van der Waals surface area (Å²) >= 11 is 0.